The van der Waals surface area contributed by atoms with E-state index in [1.807, 2.05) is 13.8 Å². The number of ether oxygens (including phenoxy) is 1. The van der Waals surface area contributed by atoms with Crippen LogP contribution in [0.5, 0.6) is 0 Å². The highest BCUT2D eigenvalue weighted by Crippen LogP contribution is 2.16. The van der Waals surface area contributed by atoms with Crippen LogP contribution in [0.25, 0.3) is 0 Å². The molecular weight excluding hydrogens is 146 g/mol. The standard InChI is InChI=1S/C7H13NO3/c1-4(2)6-5(3-9)8-7(10)11-6/h4-6,9H,3H2,1-2H3,(H,8,10)/t5-,6+/m1/s1. The number of aliphatic hydroxyl groups excluding tert-OH is 1. The summed E-state index contributed by atoms with van der Waals surface area (Å²) in [5.41, 5.74) is 0. The molecule has 1 amide bonds. The predicted octanol–water partition coefficient (Wildman–Crippen LogP) is 0.112. The largest absolute Gasteiger partial charge is 0.444 e. The molecular formula is C7H13NO3. The van der Waals surface area contributed by atoms with Crippen molar-refractivity contribution in [3.63, 3.8) is 0 Å². The first kappa shape index (κ1) is 8.33. The maximum atomic E-state index is 10.7. The fraction of sp³-hybridized carbons (Fsp3) is 0.857. The van der Waals surface area contributed by atoms with E-state index < -0.39 is 6.09 Å². The Morgan fingerprint density at radius 3 is 2.73 bits per heavy atom. The van der Waals surface area contributed by atoms with E-state index in [2.05, 4.69) is 5.32 Å². The van der Waals surface area contributed by atoms with Gasteiger partial charge in [0.1, 0.15) is 6.10 Å². The summed E-state index contributed by atoms with van der Waals surface area (Å²) in [7, 11) is 0. The maximum Gasteiger partial charge on any atom is 0.407 e. The highest BCUT2D eigenvalue weighted by atomic mass is 16.6. The minimum atomic E-state index is -0.428. The smallest absolute Gasteiger partial charge is 0.407 e. The number of carbonyl (C=O) groups is 1. The van der Waals surface area contributed by atoms with Crippen molar-refractivity contribution < 1.29 is 14.6 Å². The number of hydrogen-bond acceptors (Lipinski definition) is 3. The van der Waals surface area contributed by atoms with Crippen molar-refractivity contribution in [2.24, 2.45) is 5.92 Å². The number of hydrogen-bond donors (Lipinski definition) is 2. The monoisotopic (exact) mass is 159 g/mol. The van der Waals surface area contributed by atoms with E-state index in [1.165, 1.54) is 0 Å². The van der Waals surface area contributed by atoms with E-state index in [1.54, 1.807) is 0 Å². The molecule has 0 aromatic carbocycles. The number of cyclic esters (lactones) is 1. The molecule has 1 heterocycles. The van der Waals surface area contributed by atoms with Gasteiger partial charge in [-0.05, 0) is 5.92 Å². The SMILES string of the molecule is CC(C)[C@@H]1OC(=O)N[C@@H]1CO. The molecule has 1 aliphatic rings. The molecule has 4 heteroatoms. The van der Waals surface area contributed by atoms with Crippen LogP contribution in [0.3, 0.4) is 0 Å². The molecule has 4 nitrogen and oxygen atoms in total. The molecule has 1 fully saturated rings. The highest BCUT2D eigenvalue weighted by molar-refractivity contribution is 5.70. The van der Waals surface area contributed by atoms with Gasteiger partial charge in [0.25, 0.3) is 0 Å². The number of amides is 1. The lowest BCUT2D eigenvalue weighted by atomic mass is 10.0. The summed E-state index contributed by atoms with van der Waals surface area (Å²) in [4.78, 5) is 10.7. The molecule has 1 rings (SSSR count). The first-order valence-electron chi connectivity index (χ1n) is 3.73. The van der Waals surface area contributed by atoms with Crippen molar-refractivity contribution in [2.75, 3.05) is 6.61 Å². The van der Waals surface area contributed by atoms with E-state index in [4.69, 9.17) is 9.84 Å². The molecule has 0 saturated carbocycles. The van der Waals surface area contributed by atoms with Gasteiger partial charge in [0.2, 0.25) is 0 Å². The van der Waals surface area contributed by atoms with Crippen LogP contribution in [0.1, 0.15) is 13.8 Å². The molecule has 2 atom stereocenters. The average molecular weight is 159 g/mol. The van der Waals surface area contributed by atoms with Gasteiger partial charge in [-0.3, -0.25) is 0 Å². The van der Waals surface area contributed by atoms with Crippen molar-refractivity contribution >= 4 is 6.09 Å². The van der Waals surface area contributed by atoms with E-state index >= 15 is 0 Å². The molecule has 0 aromatic heterocycles. The molecule has 1 saturated heterocycles. The van der Waals surface area contributed by atoms with Crippen molar-refractivity contribution in [3.05, 3.63) is 0 Å². The third-order valence-corrected chi connectivity index (χ3v) is 1.80. The maximum absolute atomic E-state index is 10.7. The Morgan fingerprint density at radius 2 is 2.36 bits per heavy atom. The van der Waals surface area contributed by atoms with Crippen LogP contribution in [-0.2, 0) is 4.74 Å². The second kappa shape index (κ2) is 3.09. The van der Waals surface area contributed by atoms with E-state index in [0.717, 1.165) is 0 Å². The predicted molar refractivity (Wildman–Crippen MR) is 39.1 cm³/mol. The van der Waals surface area contributed by atoms with Gasteiger partial charge in [-0.1, -0.05) is 13.8 Å². The normalized spacial score (nSPS) is 30.4. The van der Waals surface area contributed by atoms with E-state index in [0.29, 0.717) is 0 Å². The van der Waals surface area contributed by atoms with Crippen molar-refractivity contribution in [3.8, 4) is 0 Å². The van der Waals surface area contributed by atoms with Gasteiger partial charge >= 0.3 is 6.09 Å². The van der Waals surface area contributed by atoms with Gasteiger partial charge in [-0.25, -0.2) is 4.79 Å². The topological polar surface area (TPSA) is 58.6 Å². The summed E-state index contributed by atoms with van der Waals surface area (Å²) in [5.74, 6) is 0.242. The molecule has 0 radical (unpaired) electrons. The molecule has 64 valence electrons. The van der Waals surface area contributed by atoms with Crippen LogP contribution in [0.15, 0.2) is 0 Å². The van der Waals surface area contributed by atoms with Crippen LogP contribution in [0.2, 0.25) is 0 Å². The van der Waals surface area contributed by atoms with Crippen LogP contribution < -0.4 is 5.32 Å². The minimum absolute atomic E-state index is 0.0609. The first-order valence-corrected chi connectivity index (χ1v) is 3.73. The number of aliphatic hydroxyl groups is 1. The van der Waals surface area contributed by atoms with Gasteiger partial charge in [0.15, 0.2) is 0 Å². The zero-order valence-corrected chi connectivity index (χ0v) is 6.70. The lowest BCUT2D eigenvalue weighted by Gasteiger charge is -2.17. The molecule has 0 unspecified atom stereocenters. The molecule has 1 aliphatic heterocycles. The van der Waals surface area contributed by atoms with Crippen LogP contribution in [0.4, 0.5) is 4.79 Å². The number of nitrogens with one attached hydrogen (secondary N) is 1. The Bertz CT molecular complexity index is 158. The van der Waals surface area contributed by atoms with Crippen molar-refractivity contribution in [2.45, 2.75) is 26.0 Å². The fourth-order valence-corrected chi connectivity index (χ4v) is 1.22. The fourth-order valence-electron chi connectivity index (χ4n) is 1.22. The van der Waals surface area contributed by atoms with Crippen LogP contribution in [-0.4, -0.2) is 30.0 Å². The Kier molecular flexibility index (Phi) is 2.34. The molecule has 11 heavy (non-hydrogen) atoms. The summed E-state index contributed by atoms with van der Waals surface area (Å²) >= 11 is 0. The number of carbonyl (C=O) groups excluding carboxylic acids is 1. The summed E-state index contributed by atoms with van der Waals surface area (Å²) in [6.07, 6.45) is -0.616. The number of rotatable bonds is 2. The molecule has 0 aromatic rings. The highest BCUT2D eigenvalue weighted by Gasteiger charge is 2.35. The van der Waals surface area contributed by atoms with Gasteiger partial charge in [-0.2, -0.15) is 0 Å². The van der Waals surface area contributed by atoms with Crippen LogP contribution >= 0.6 is 0 Å². The second-order valence-electron chi connectivity index (χ2n) is 3.05. The summed E-state index contributed by atoms with van der Waals surface area (Å²) in [6.45, 7) is 3.84. The van der Waals surface area contributed by atoms with Crippen LogP contribution in [0, 0.1) is 5.92 Å². The first-order chi connectivity index (χ1) is 5.15. The van der Waals surface area contributed by atoms with Crippen molar-refractivity contribution in [1.82, 2.24) is 5.32 Å². The third kappa shape index (κ3) is 1.63. The van der Waals surface area contributed by atoms with Gasteiger partial charge in [-0.15, -0.1) is 0 Å². The zero-order chi connectivity index (χ0) is 8.43. The Labute approximate surface area is 65.5 Å². The zero-order valence-electron chi connectivity index (χ0n) is 6.70. The molecule has 0 spiro atoms. The summed E-state index contributed by atoms with van der Waals surface area (Å²) in [6, 6.07) is -0.234. The molecule has 0 aliphatic carbocycles. The lowest BCUT2D eigenvalue weighted by Crippen LogP contribution is -2.37. The lowest BCUT2D eigenvalue weighted by molar-refractivity contribution is 0.0882. The molecule has 2 N–H and O–H groups in total. The summed E-state index contributed by atoms with van der Waals surface area (Å²) < 4.78 is 4.92. The number of alkyl carbamates (subject to hydrolysis) is 1. The minimum Gasteiger partial charge on any atom is -0.444 e. The van der Waals surface area contributed by atoms with Crippen molar-refractivity contribution in [1.29, 1.82) is 0 Å². The Hall–Kier alpha value is -0.770. The molecule has 0 bridgehead atoms. The Balaban J connectivity index is 2.57. The second-order valence-corrected chi connectivity index (χ2v) is 3.05. The third-order valence-electron chi connectivity index (χ3n) is 1.80. The van der Waals surface area contributed by atoms with E-state index in [-0.39, 0.29) is 24.7 Å². The van der Waals surface area contributed by atoms with Gasteiger partial charge < -0.3 is 15.2 Å². The summed E-state index contributed by atoms with van der Waals surface area (Å²) in [5, 5.41) is 11.3. The van der Waals surface area contributed by atoms with Gasteiger partial charge in [0, 0.05) is 0 Å². The quantitative estimate of drug-likeness (QED) is 0.601. The van der Waals surface area contributed by atoms with E-state index in [9.17, 15) is 4.79 Å². The van der Waals surface area contributed by atoms with Gasteiger partial charge in [0.05, 0.1) is 12.6 Å². The Morgan fingerprint density at radius 1 is 1.73 bits per heavy atom. The average Bonchev–Trinajstić information content (AvgIpc) is 2.30.